The van der Waals surface area contributed by atoms with E-state index in [1.807, 2.05) is 0 Å². The van der Waals surface area contributed by atoms with Crippen molar-refractivity contribution in [2.75, 3.05) is 0 Å². The van der Waals surface area contributed by atoms with Crippen molar-refractivity contribution >= 4 is 0 Å². The number of hydrogen-bond donors (Lipinski definition) is 2. The minimum absolute atomic E-state index is 0.143. The van der Waals surface area contributed by atoms with Gasteiger partial charge in [0.05, 0.1) is 11.7 Å². The maximum absolute atomic E-state index is 11.9. The van der Waals surface area contributed by atoms with Gasteiger partial charge in [-0.3, -0.25) is 0 Å². The van der Waals surface area contributed by atoms with Gasteiger partial charge in [0.15, 0.2) is 0 Å². The highest BCUT2D eigenvalue weighted by molar-refractivity contribution is 4.79. The molecule has 374 valence electrons. The van der Waals surface area contributed by atoms with Gasteiger partial charge in [0.25, 0.3) is 0 Å². The summed E-state index contributed by atoms with van der Waals surface area (Å²) < 4.78 is 0. The van der Waals surface area contributed by atoms with Gasteiger partial charge in [-0.15, -0.1) is 0 Å². The summed E-state index contributed by atoms with van der Waals surface area (Å²) in [5, 5.41) is 22.7. The molecule has 0 fully saturated rings. The Morgan fingerprint density at radius 1 is 0.226 bits per heavy atom. The fourth-order valence-electron chi connectivity index (χ4n) is 10.3. The molecule has 62 heavy (non-hydrogen) atoms. The highest BCUT2D eigenvalue weighted by Crippen LogP contribution is 2.30. The van der Waals surface area contributed by atoms with Crippen molar-refractivity contribution in [1.29, 1.82) is 0 Å². The first-order valence-corrected chi connectivity index (χ1v) is 30.0. The summed E-state index contributed by atoms with van der Waals surface area (Å²) in [6.45, 7) is 6.92. The van der Waals surface area contributed by atoms with E-state index in [1.54, 1.807) is 0 Å². The molecule has 2 N–H and O–H groups in total. The summed E-state index contributed by atoms with van der Waals surface area (Å²) in [6.07, 6.45) is 74.0. The molecule has 1 atom stereocenters. The molecule has 0 bridgehead atoms. The van der Waals surface area contributed by atoms with E-state index < -0.39 is 5.60 Å². The molecule has 2 heteroatoms. The zero-order chi connectivity index (χ0) is 45.0. The van der Waals surface area contributed by atoms with E-state index in [9.17, 15) is 10.2 Å². The van der Waals surface area contributed by atoms with Crippen molar-refractivity contribution < 1.29 is 10.2 Å². The van der Waals surface area contributed by atoms with E-state index >= 15 is 0 Å². The van der Waals surface area contributed by atoms with Crippen LogP contribution in [0.25, 0.3) is 0 Å². The molecule has 0 spiro atoms. The van der Waals surface area contributed by atoms with Crippen LogP contribution in [0, 0.1) is 0 Å². The van der Waals surface area contributed by atoms with Crippen LogP contribution in [0.2, 0.25) is 0 Å². The lowest BCUT2D eigenvalue weighted by Gasteiger charge is -2.29. The van der Waals surface area contributed by atoms with Crippen LogP contribution in [0.15, 0.2) is 0 Å². The molecule has 0 rings (SSSR count). The van der Waals surface area contributed by atoms with Gasteiger partial charge in [-0.25, -0.2) is 0 Å². The maximum atomic E-state index is 11.9. The van der Waals surface area contributed by atoms with Gasteiger partial charge in [0.1, 0.15) is 0 Å². The molecule has 0 heterocycles. The van der Waals surface area contributed by atoms with E-state index in [4.69, 9.17) is 0 Å². The molecule has 0 aromatic heterocycles. The van der Waals surface area contributed by atoms with E-state index in [0.717, 1.165) is 44.9 Å². The van der Waals surface area contributed by atoms with Crippen molar-refractivity contribution in [2.45, 2.75) is 386 Å². The zero-order valence-corrected chi connectivity index (χ0v) is 43.9. The first kappa shape index (κ1) is 61.9. The summed E-state index contributed by atoms with van der Waals surface area (Å²) >= 11 is 0. The number of aliphatic hydroxyl groups is 2. The van der Waals surface area contributed by atoms with Gasteiger partial charge in [-0.1, -0.05) is 342 Å². The SMILES string of the molecule is CCCCCCCCCCCCCCCCCCC(O)CCCCC(O)(CCCCCCCCCCCCCCCCCC)CCCCCCCCCCCCCCCCCC. The molecule has 1 unspecified atom stereocenters. The van der Waals surface area contributed by atoms with Gasteiger partial charge < -0.3 is 10.2 Å². The largest absolute Gasteiger partial charge is 0.393 e. The summed E-state index contributed by atoms with van der Waals surface area (Å²) in [5.41, 5.74) is -0.481. The minimum Gasteiger partial charge on any atom is -0.393 e. The molecule has 0 amide bonds. The molecule has 0 aliphatic rings. The second kappa shape index (κ2) is 53.5. The van der Waals surface area contributed by atoms with E-state index in [-0.39, 0.29) is 6.10 Å². The number of aliphatic hydroxyl groups excluding tert-OH is 1. The fraction of sp³-hybridized carbons (Fsp3) is 1.00. The third kappa shape index (κ3) is 50.9. The number of unbranched alkanes of at least 4 members (excludes halogenated alkanes) is 46. The predicted molar refractivity (Wildman–Crippen MR) is 282 cm³/mol. The quantitative estimate of drug-likeness (QED) is 0.0598. The molecule has 0 aliphatic carbocycles. The van der Waals surface area contributed by atoms with Crippen molar-refractivity contribution in [1.82, 2.24) is 0 Å². The monoisotopic (exact) mass is 875 g/mol. The van der Waals surface area contributed by atoms with Crippen molar-refractivity contribution in [2.24, 2.45) is 0 Å². The predicted octanol–water partition coefficient (Wildman–Crippen LogP) is 21.6. The third-order valence-corrected chi connectivity index (χ3v) is 14.8. The van der Waals surface area contributed by atoms with Crippen molar-refractivity contribution in [3.05, 3.63) is 0 Å². The van der Waals surface area contributed by atoms with Crippen LogP contribution in [0.4, 0.5) is 0 Å². The molecule has 0 radical (unpaired) electrons. The number of rotatable bonds is 56. The van der Waals surface area contributed by atoms with Crippen LogP contribution in [0.5, 0.6) is 0 Å². The Bertz CT molecular complexity index is 743. The Balaban J connectivity index is 4.15. The van der Waals surface area contributed by atoms with E-state index in [1.165, 1.54) is 308 Å². The molecular formula is C60H122O2. The Morgan fingerprint density at radius 3 is 0.581 bits per heavy atom. The van der Waals surface area contributed by atoms with Crippen LogP contribution < -0.4 is 0 Å². The van der Waals surface area contributed by atoms with Crippen LogP contribution in [0.1, 0.15) is 374 Å². The molecule has 0 aromatic carbocycles. The topological polar surface area (TPSA) is 40.5 Å². The molecular weight excluding hydrogens is 753 g/mol. The van der Waals surface area contributed by atoms with Gasteiger partial charge in [0, 0.05) is 0 Å². The van der Waals surface area contributed by atoms with Crippen LogP contribution in [-0.2, 0) is 0 Å². The Hall–Kier alpha value is -0.0800. The lowest BCUT2D eigenvalue weighted by atomic mass is 9.85. The highest BCUT2D eigenvalue weighted by Gasteiger charge is 2.25. The van der Waals surface area contributed by atoms with Crippen LogP contribution >= 0.6 is 0 Å². The molecule has 2 nitrogen and oxygen atoms in total. The summed E-state index contributed by atoms with van der Waals surface area (Å²) in [5.74, 6) is 0. The first-order chi connectivity index (χ1) is 30.6. The molecule has 0 aromatic rings. The lowest BCUT2D eigenvalue weighted by Crippen LogP contribution is -2.28. The van der Waals surface area contributed by atoms with Gasteiger partial charge in [0.2, 0.25) is 0 Å². The highest BCUT2D eigenvalue weighted by atomic mass is 16.3. The third-order valence-electron chi connectivity index (χ3n) is 14.8. The van der Waals surface area contributed by atoms with Crippen LogP contribution in [0.3, 0.4) is 0 Å². The normalized spacial score (nSPS) is 12.5. The van der Waals surface area contributed by atoms with E-state index in [0.29, 0.717) is 0 Å². The summed E-state index contributed by atoms with van der Waals surface area (Å²) in [6, 6.07) is 0. The minimum atomic E-state index is -0.481. The Kier molecular flexibility index (Phi) is 53.5. The molecule has 0 saturated carbocycles. The van der Waals surface area contributed by atoms with Gasteiger partial charge in [-0.05, 0) is 32.1 Å². The van der Waals surface area contributed by atoms with Crippen molar-refractivity contribution in [3.63, 3.8) is 0 Å². The maximum Gasteiger partial charge on any atom is 0.0647 e. The first-order valence-electron chi connectivity index (χ1n) is 30.0. The van der Waals surface area contributed by atoms with Gasteiger partial charge in [-0.2, -0.15) is 0 Å². The number of hydrogen-bond acceptors (Lipinski definition) is 2. The lowest BCUT2D eigenvalue weighted by molar-refractivity contribution is 0.00614. The Labute approximate surface area is 394 Å². The smallest absolute Gasteiger partial charge is 0.0647 e. The van der Waals surface area contributed by atoms with Gasteiger partial charge >= 0.3 is 0 Å². The summed E-state index contributed by atoms with van der Waals surface area (Å²) in [4.78, 5) is 0. The van der Waals surface area contributed by atoms with E-state index in [2.05, 4.69) is 20.8 Å². The average molecular weight is 876 g/mol. The fourth-order valence-corrected chi connectivity index (χ4v) is 10.3. The van der Waals surface area contributed by atoms with Crippen molar-refractivity contribution in [3.8, 4) is 0 Å². The average Bonchev–Trinajstić information content (AvgIpc) is 3.27. The second-order valence-corrected chi connectivity index (χ2v) is 21.3. The summed E-state index contributed by atoms with van der Waals surface area (Å²) in [7, 11) is 0. The Morgan fingerprint density at radius 2 is 0.371 bits per heavy atom. The molecule has 0 aliphatic heterocycles. The second-order valence-electron chi connectivity index (χ2n) is 21.3. The molecule has 0 saturated heterocycles. The zero-order valence-electron chi connectivity index (χ0n) is 43.9. The van der Waals surface area contributed by atoms with Crippen LogP contribution in [-0.4, -0.2) is 21.9 Å². The standard InChI is InChI=1S/C60H122O2/c1-4-7-10-13-16-19-22-25-28-31-34-37-40-43-46-49-54-59(61)55-50-53-58-60(62,56-51-47-44-41-38-35-32-29-26-23-20-17-14-11-8-5-2)57-52-48-45-42-39-36-33-30-27-24-21-18-15-12-9-6-3/h59,61-62H,4-58H2,1-3H3.